The van der Waals surface area contributed by atoms with Crippen LogP contribution >= 0.6 is 11.8 Å². The van der Waals surface area contributed by atoms with Crippen LogP contribution in [0.15, 0.2) is 18.2 Å². The van der Waals surface area contributed by atoms with E-state index in [1.807, 2.05) is 22.8 Å². The quantitative estimate of drug-likeness (QED) is 0.814. The van der Waals surface area contributed by atoms with Gasteiger partial charge in [-0.25, -0.2) is 4.98 Å². The second kappa shape index (κ2) is 6.97. The number of aliphatic hydroxyl groups is 1. The predicted octanol–water partition coefficient (Wildman–Crippen LogP) is 1.79. The van der Waals surface area contributed by atoms with Crippen LogP contribution in [0.5, 0.6) is 5.75 Å². The lowest BCUT2D eigenvalue weighted by Crippen LogP contribution is -2.18. The Kier molecular flexibility index (Phi) is 5.28. The number of fused-ring (bicyclic) bond motifs is 1. The van der Waals surface area contributed by atoms with Crippen molar-refractivity contribution in [3.05, 3.63) is 24.0 Å². The van der Waals surface area contributed by atoms with Gasteiger partial charge in [0.1, 0.15) is 11.6 Å². The molecule has 0 fully saturated rings. The highest BCUT2D eigenvalue weighted by Gasteiger charge is 2.17. The molecule has 0 radical (unpaired) electrons. The zero-order chi connectivity index (χ0) is 14.5. The molecule has 0 spiro atoms. The van der Waals surface area contributed by atoms with Crippen molar-refractivity contribution < 1.29 is 9.84 Å². The van der Waals surface area contributed by atoms with Gasteiger partial charge in [0.25, 0.3) is 0 Å². The highest BCUT2D eigenvalue weighted by Crippen LogP contribution is 2.25. The van der Waals surface area contributed by atoms with Gasteiger partial charge in [-0.1, -0.05) is 0 Å². The highest BCUT2D eigenvalue weighted by atomic mass is 32.2. The Morgan fingerprint density at radius 1 is 1.50 bits per heavy atom. The van der Waals surface area contributed by atoms with Crippen molar-refractivity contribution in [1.82, 2.24) is 9.55 Å². The number of benzene rings is 1. The zero-order valence-electron chi connectivity index (χ0n) is 11.9. The number of nitrogens with two attached hydrogens (primary N) is 1. The van der Waals surface area contributed by atoms with Gasteiger partial charge in [0.2, 0.25) is 0 Å². The van der Waals surface area contributed by atoms with Crippen molar-refractivity contribution in [2.75, 3.05) is 25.7 Å². The summed E-state index contributed by atoms with van der Waals surface area (Å²) in [5.41, 5.74) is 8.07. The van der Waals surface area contributed by atoms with E-state index in [1.54, 1.807) is 18.9 Å². The molecule has 1 heterocycles. The number of rotatable bonds is 7. The number of ether oxygens (including phenoxy) is 1. The summed E-state index contributed by atoms with van der Waals surface area (Å²) in [6.07, 6.45) is 2.93. The van der Waals surface area contributed by atoms with E-state index in [1.165, 1.54) is 0 Å². The number of hydrogen-bond donors (Lipinski definition) is 2. The Balaban J connectivity index is 2.43. The van der Waals surface area contributed by atoms with Crippen molar-refractivity contribution in [1.29, 1.82) is 0 Å². The lowest BCUT2D eigenvalue weighted by atomic mass is 10.2. The molecule has 2 aromatic rings. The van der Waals surface area contributed by atoms with Gasteiger partial charge in [-0.05, 0) is 30.6 Å². The van der Waals surface area contributed by atoms with E-state index >= 15 is 0 Å². The summed E-state index contributed by atoms with van der Waals surface area (Å²) in [4.78, 5) is 4.63. The lowest BCUT2D eigenvalue weighted by Gasteiger charge is -2.13. The first-order valence-corrected chi connectivity index (χ1v) is 8.00. The molecule has 110 valence electrons. The molecule has 1 aromatic heterocycles. The molecule has 1 atom stereocenters. The fourth-order valence-corrected chi connectivity index (χ4v) is 2.74. The summed E-state index contributed by atoms with van der Waals surface area (Å²) in [6.45, 7) is 0.574. The average molecular weight is 295 g/mol. The lowest BCUT2D eigenvalue weighted by molar-refractivity contribution is 0.275. The number of aromatic nitrogens is 2. The Hall–Kier alpha value is -1.24. The Labute approximate surface area is 123 Å². The van der Waals surface area contributed by atoms with Gasteiger partial charge in [0.15, 0.2) is 0 Å². The number of thioether (sulfide) groups is 1. The molecule has 20 heavy (non-hydrogen) atoms. The molecule has 0 bridgehead atoms. The standard InChI is InChI=1S/C14H21N3O2S/c1-19-10-3-4-13-12(9-10)16-14(17(13)6-7-18)11(15)5-8-20-2/h3-4,9,11,18H,5-8,15H2,1-2H3. The van der Waals surface area contributed by atoms with E-state index in [4.69, 9.17) is 10.5 Å². The maximum absolute atomic E-state index is 9.26. The number of methoxy groups -OCH3 is 1. The van der Waals surface area contributed by atoms with E-state index < -0.39 is 0 Å². The minimum absolute atomic E-state index is 0.0692. The Bertz CT molecular complexity index is 571. The third-order valence-corrected chi connectivity index (χ3v) is 3.92. The molecule has 6 heteroatoms. The minimum atomic E-state index is -0.118. The number of imidazole rings is 1. The van der Waals surface area contributed by atoms with Crippen molar-refractivity contribution in [2.45, 2.75) is 19.0 Å². The summed E-state index contributed by atoms with van der Waals surface area (Å²) in [7, 11) is 1.64. The van der Waals surface area contributed by atoms with Gasteiger partial charge in [-0.15, -0.1) is 0 Å². The summed E-state index contributed by atoms with van der Waals surface area (Å²) in [5.74, 6) is 2.60. The molecule has 0 amide bonds. The molecule has 5 nitrogen and oxygen atoms in total. The van der Waals surface area contributed by atoms with E-state index in [9.17, 15) is 5.11 Å². The van der Waals surface area contributed by atoms with Crippen molar-refractivity contribution in [3.63, 3.8) is 0 Å². The molecular formula is C14H21N3O2S. The van der Waals surface area contributed by atoms with Gasteiger partial charge in [-0.3, -0.25) is 0 Å². The molecule has 0 aliphatic rings. The second-order valence-corrected chi connectivity index (χ2v) is 5.57. The number of aliphatic hydroxyl groups excluding tert-OH is 1. The first-order chi connectivity index (χ1) is 9.71. The van der Waals surface area contributed by atoms with E-state index in [0.29, 0.717) is 6.54 Å². The fraction of sp³-hybridized carbons (Fsp3) is 0.500. The highest BCUT2D eigenvalue weighted by molar-refractivity contribution is 7.98. The monoisotopic (exact) mass is 295 g/mol. The Morgan fingerprint density at radius 2 is 2.30 bits per heavy atom. The third-order valence-electron chi connectivity index (χ3n) is 3.27. The van der Waals surface area contributed by atoms with E-state index in [0.717, 1.165) is 34.8 Å². The van der Waals surface area contributed by atoms with Crippen molar-refractivity contribution >= 4 is 22.8 Å². The van der Waals surface area contributed by atoms with Crippen LogP contribution in [0.1, 0.15) is 18.3 Å². The molecule has 0 saturated heterocycles. The average Bonchev–Trinajstić information content (AvgIpc) is 2.83. The summed E-state index contributed by atoms with van der Waals surface area (Å²) in [6, 6.07) is 5.64. The SMILES string of the molecule is COc1ccc2c(c1)nc(C(N)CCSC)n2CCO. The smallest absolute Gasteiger partial charge is 0.126 e. The number of hydrogen-bond acceptors (Lipinski definition) is 5. The van der Waals surface area contributed by atoms with Gasteiger partial charge in [0.05, 0.1) is 30.8 Å². The van der Waals surface area contributed by atoms with Crippen LogP contribution in [0.25, 0.3) is 11.0 Å². The van der Waals surface area contributed by atoms with Crippen LogP contribution in [-0.2, 0) is 6.54 Å². The van der Waals surface area contributed by atoms with Crippen molar-refractivity contribution in [2.24, 2.45) is 5.73 Å². The summed E-state index contributed by atoms with van der Waals surface area (Å²) in [5, 5.41) is 9.26. The van der Waals surface area contributed by atoms with E-state index in [-0.39, 0.29) is 12.6 Å². The first-order valence-electron chi connectivity index (χ1n) is 6.60. The molecule has 2 rings (SSSR count). The molecule has 0 aliphatic carbocycles. The minimum Gasteiger partial charge on any atom is -0.497 e. The molecule has 1 aromatic carbocycles. The van der Waals surface area contributed by atoms with Crippen LogP contribution in [0, 0.1) is 0 Å². The maximum Gasteiger partial charge on any atom is 0.126 e. The van der Waals surface area contributed by atoms with Crippen molar-refractivity contribution in [3.8, 4) is 5.75 Å². The van der Waals surface area contributed by atoms with Crippen LogP contribution < -0.4 is 10.5 Å². The molecule has 0 aliphatic heterocycles. The molecular weight excluding hydrogens is 274 g/mol. The molecule has 1 unspecified atom stereocenters. The third kappa shape index (κ3) is 3.08. The maximum atomic E-state index is 9.26. The summed E-state index contributed by atoms with van der Waals surface area (Å²) < 4.78 is 7.22. The van der Waals surface area contributed by atoms with Gasteiger partial charge in [-0.2, -0.15) is 11.8 Å². The van der Waals surface area contributed by atoms with E-state index in [2.05, 4.69) is 11.2 Å². The Morgan fingerprint density at radius 3 is 2.95 bits per heavy atom. The van der Waals surface area contributed by atoms with Crippen LogP contribution in [-0.4, -0.2) is 40.4 Å². The first kappa shape index (κ1) is 15.2. The molecule has 0 saturated carbocycles. The topological polar surface area (TPSA) is 73.3 Å². The fourth-order valence-electron chi connectivity index (χ4n) is 2.25. The normalized spacial score (nSPS) is 12.8. The van der Waals surface area contributed by atoms with Crippen LogP contribution in [0.2, 0.25) is 0 Å². The number of nitrogens with zero attached hydrogens (tertiary/aromatic N) is 2. The van der Waals surface area contributed by atoms with Gasteiger partial charge >= 0.3 is 0 Å². The molecule has 3 N–H and O–H groups in total. The predicted molar refractivity (Wildman–Crippen MR) is 83.3 cm³/mol. The van der Waals surface area contributed by atoms with Crippen LogP contribution in [0.4, 0.5) is 0 Å². The largest absolute Gasteiger partial charge is 0.497 e. The van der Waals surface area contributed by atoms with Crippen LogP contribution in [0.3, 0.4) is 0 Å². The van der Waals surface area contributed by atoms with Gasteiger partial charge < -0.3 is 20.1 Å². The zero-order valence-corrected chi connectivity index (χ0v) is 12.7. The summed E-state index contributed by atoms with van der Waals surface area (Å²) >= 11 is 1.77. The second-order valence-electron chi connectivity index (χ2n) is 4.59. The van der Waals surface area contributed by atoms with Gasteiger partial charge in [0, 0.05) is 12.6 Å².